The van der Waals surface area contributed by atoms with Gasteiger partial charge in [0.25, 0.3) is 0 Å². The van der Waals surface area contributed by atoms with Crippen molar-refractivity contribution in [2.75, 3.05) is 5.75 Å². The Labute approximate surface area is 96.0 Å². The molecule has 0 spiro atoms. The Balaban J connectivity index is 4.02. The fourth-order valence-corrected chi connectivity index (χ4v) is 2.04. The average molecular weight is 234 g/mol. The van der Waals surface area contributed by atoms with Gasteiger partial charge in [0.05, 0.1) is 12.1 Å². The summed E-state index contributed by atoms with van der Waals surface area (Å²) in [6.07, 6.45) is -0.373. The Morgan fingerprint density at radius 1 is 1.40 bits per heavy atom. The molecule has 90 valence electrons. The second-order valence-electron chi connectivity index (χ2n) is 4.06. The number of nitrogens with two attached hydrogens (primary N) is 1. The van der Waals surface area contributed by atoms with E-state index in [1.165, 1.54) is 0 Å². The predicted molar refractivity (Wildman–Crippen MR) is 64.9 cm³/mol. The number of nitrogens with one attached hydrogen (secondary N) is 1. The predicted octanol–water partition coefficient (Wildman–Crippen LogP) is 0.341. The molecule has 1 amide bonds. The summed E-state index contributed by atoms with van der Waals surface area (Å²) in [6, 6.07) is -0.0962. The topological polar surface area (TPSA) is 75.3 Å². The zero-order valence-electron chi connectivity index (χ0n) is 9.86. The molecule has 4 N–H and O–H groups in total. The monoisotopic (exact) mass is 234 g/mol. The van der Waals surface area contributed by atoms with E-state index in [0.29, 0.717) is 5.75 Å². The molecule has 0 aromatic carbocycles. The maximum atomic E-state index is 11.1. The standard InChI is InChI=1S/C10H22N2O2S/c1-6(2)12-9(10(11)14)5-15-8(4)7(3)13/h6-9,12-13H,5H2,1-4H3,(H2,11,14). The number of aliphatic hydroxyl groups excluding tert-OH is 1. The number of carbonyl (C=O) groups is 1. The summed E-state index contributed by atoms with van der Waals surface area (Å²) in [5.74, 6) is 0.258. The molecule has 0 bridgehead atoms. The highest BCUT2D eigenvalue weighted by Gasteiger charge is 2.18. The zero-order chi connectivity index (χ0) is 12.0. The maximum absolute atomic E-state index is 11.1. The Morgan fingerprint density at radius 2 is 1.93 bits per heavy atom. The lowest BCUT2D eigenvalue weighted by Gasteiger charge is -2.20. The molecule has 0 aromatic rings. The van der Waals surface area contributed by atoms with Gasteiger partial charge >= 0.3 is 0 Å². The Hall–Kier alpha value is -0.260. The highest BCUT2D eigenvalue weighted by atomic mass is 32.2. The molecule has 0 aliphatic carbocycles. The van der Waals surface area contributed by atoms with Gasteiger partial charge in [0.2, 0.25) is 5.91 Å². The van der Waals surface area contributed by atoms with Crippen molar-refractivity contribution in [3.05, 3.63) is 0 Å². The van der Waals surface area contributed by atoms with E-state index in [-0.39, 0.29) is 29.3 Å². The van der Waals surface area contributed by atoms with Gasteiger partial charge in [-0.25, -0.2) is 0 Å². The molecule has 0 rings (SSSR count). The number of hydrogen-bond donors (Lipinski definition) is 3. The normalized spacial score (nSPS) is 17.5. The number of rotatable bonds is 7. The fraction of sp³-hybridized carbons (Fsp3) is 0.900. The molecule has 0 heterocycles. The highest BCUT2D eigenvalue weighted by Crippen LogP contribution is 2.15. The lowest BCUT2D eigenvalue weighted by molar-refractivity contribution is -0.119. The fourth-order valence-electron chi connectivity index (χ4n) is 1.00. The van der Waals surface area contributed by atoms with E-state index in [1.54, 1.807) is 18.7 Å². The number of amides is 1. The third-order valence-corrected chi connectivity index (χ3v) is 3.53. The van der Waals surface area contributed by atoms with E-state index in [9.17, 15) is 9.90 Å². The van der Waals surface area contributed by atoms with Crippen LogP contribution in [0.3, 0.4) is 0 Å². The van der Waals surface area contributed by atoms with Crippen LogP contribution in [0.2, 0.25) is 0 Å². The van der Waals surface area contributed by atoms with Crippen LogP contribution in [-0.4, -0.2) is 40.2 Å². The maximum Gasteiger partial charge on any atom is 0.235 e. The highest BCUT2D eigenvalue weighted by molar-refractivity contribution is 8.00. The minimum absolute atomic E-state index is 0.112. The van der Waals surface area contributed by atoms with Crippen LogP contribution in [0.1, 0.15) is 27.7 Å². The van der Waals surface area contributed by atoms with E-state index in [0.717, 1.165) is 0 Å². The second kappa shape index (κ2) is 7.09. The largest absolute Gasteiger partial charge is 0.392 e. The molecule has 5 heteroatoms. The second-order valence-corrected chi connectivity index (χ2v) is 5.47. The first-order chi connectivity index (χ1) is 6.84. The summed E-state index contributed by atoms with van der Waals surface area (Å²) < 4.78 is 0. The van der Waals surface area contributed by atoms with Crippen molar-refractivity contribution in [3.63, 3.8) is 0 Å². The first-order valence-electron chi connectivity index (χ1n) is 5.19. The van der Waals surface area contributed by atoms with E-state index in [2.05, 4.69) is 5.32 Å². The molecule has 0 radical (unpaired) electrons. The van der Waals surface area contributed by atoms with E-state index in [4.69, 9.17) is 5.73 Å². The van der Waals surface area contributed by atoms with Gasteiger partial charge in [0.15, 0.2) is 0 Å². The molecule has 0 saturated heterocycles. The van der Waals surface area contributed by atoms with Crippen LogP contribution in [0.25, 0.3) is 0 Å². The summed E-state index contributed by atoms with van der Waals surface area (Å²) in [6.45, 7) is 7.62. The van der Waals surface area contributed by atoms with Gasteiger partial charge in [-0.05, 0) is 6.92 Å². The number of thioether (sulfide) groups is 1. The minimum Gasteiger partial charge on any atom is -0.392 e. The van der Waals surface area contributed by atoms with Crippen LogP contribution < -0.4 is 11.1 Å². The zero-order valence-corrected chi connectivity index (χ0v) is 10.7. The van der Waals surface area contributed by atoms with Crippen LogP contribution in [-0.2, 0) is 4.79 Å². The Bertz CT molecular complexity index is 198. The molecule has 0 aliphatic rings. The van der Waals surface area contributed by atoms with Crippen molar-refractivity contribution in [1.82, 2.24) is 5.32 Å². The lowest BCUT2D eigenvalue weighted by Crippen LogP contribution is -2.46. The third-order valence-electron chi connectivity index (χ3n) is 2.08. The molecule has 4 nitrogen and oxygen atoms in total. The molecular weight excluding hydrogens is 212 g/mol. The van der Waals surface area contributed by atoms with Crippen molar-refractivity contribution in [2.24, 2.45) is 5.73 Å². The van der Waals surface area contributed by atoms with Gasteiger partial charge in [-0.2, -0.15) is 11.8 Å². The number of hydrogen-bond acceptors (Lipinski definition) is 4. The molecule has 0 fully saturated rings. The van der Waals surface area contributed by atoms with E-state index < -0.39 is 0 Å². The first-order valence-corrected chi connectivity index (χ1v) is 6.24. The molecular formula is C10H22N2O2S. The number of carbonyl (C=O) groups excluding carboxylic acids is 1. The molecule has 0 saturated carbocycles. The van der Waals surface area contributed by atoms with Gasteiger partial charge in [0.1, 0.15) is 0 Å². The minimum atomic E-state index is -0.373. The SMILES string of the molecule is CC(C)NC(CSC(C)C(C)O)C(N)=O. The van der Waals surface area contributed by atoms with Crippen molar-refractivity contribution in [3.8, 4) is 0 Å². The van der Waals surface area contributed by atoms with Crippen molar-refractivity contribution in [1.29, 1.82) is 0 Å². The van der Waals surface area contributed by atoms with Gasteiger partial charge in [-0.15, -0.1) is 0 Å². The molecule has 15 heavy (non-hydrogen) atoms. The van der Waals surface area contributed by atoms with E-state index in [1.807, 2.05) is 20.8 Å². The van der Waals surface area contributed by atoms with Gasteiger partial charge < -0.3 is 16.2 Å². The van der Waals surface area contributed by atoms with Crippen LogP contribution in [0, 0.1) is 0 Å². The number of aliphatic hydroxyl groups is 1. The third kappa shape index (κ3) is 6.76. The summed E-state index contributed by atoms with van der Waals surface area (Å²) in [5, 5.41) is 12.5. The summed E-state index contributed by atoms with van der Waals surface area (Å²) in [5.41, 5.74) is 5.27. The van der Waals surface area contributed by atoms with Crippen LogP contribution in [0.15, 0.2) is 0 Å². The molecule has 0 aromatic heterocycles. The van der Waals surface area contributed by atoms with Crippen LogP contribution >= 0.6 is 11.8 Å². The van der Waals surface area contributed by atoms with E-state index >= 15 is 0 Å². The quantitative estimate of drug-likeness (QED) is 0.594. The first kappa shape index (κ1) is 14.7. The summed E-state index contributed by atoms with van der Waals surface area (Å²) >= 11 is 1.55. The molecule has 3 atom stereocenters. The van der Waals surface area contributed by atoms with Crippen LogP contribution in [0.5, 0.6) is 0 Å². The molecule has 3 unspecified atom stereocenters. The Kier molecular flexibility index (Phi) is 6.96. The van der Waals surface area contributed by atoms with Crippen molar-refractivity contribution in [2.45, 2.75) is 51.1 Å². The molecule has 0 aliphatic heterocycles. The van der Waals surface area contributed by atoms with Crippen LogP contribution in [0.4, 0.5) is 0 Å². The lowest BCUT2D eigenvalue weighted by atomic mass is 10.3. The summed E-state index contributed by atoms with van der Waals surface area (Å²) in [7, 11) is 0. The van der Waals surface area contributed by atoms with Crippen molar-refractivity contribution < 1.29 is 9.90 Å². The average Bonchev–Trinajstić information content (AvgIpc) is 2.10. The van der Waals surface area contributed by atoms with Gasteiger partial charge in [-0.1, -0.05) is 20.8 Å². The van der Waals surface area contributed by atoms with Gasteiger partial charge in [-0.3, -0.25) is 4.79 Å². The summed E-state index contributed by atoms with van der Waals surface area (Å²) in [4.78, 5) is 11.1. The number of primary amides is 1. The Morgan fingerprint density at radius 3 is 2.27 bits per heavy atom. The van der Waals surface area contributed by atoms with Crippen molar-refractivity contribution >= 4 is 17.7 Å². The smallest absolute Gasteiger partial charge is 0.235 e. The van der Waals surface area contributed by atoms with Gasteiger partial charge in [0, 0.05) is 17.0 Å².